The molecule has 2 fully saturated rings. The molecular formula is C42H50O6S6. The van der Waals surface area contributed by atoms with Crippen molar-refractivity contribution in [3.05, 3.63) is 108 Å². The molecule has 2 aliphatic rings. The molecule has 0 aliphatic carbocycles. The first-order valence-corrected chi connectivity index (χ1v) is 24.7. The quantitative estimate of drug-likeness (QED) is 0.0618. The normalized spacial score (nSPS) is 19.8. The maximum Gasteiger partial charge on any atom is 0.332 e. The number of thioether (sulfide) groups is 6. The fourth-order valence-corrected chi connectivity index (χ4v) is 13.5. The van der Waals surface area contributed by atoms with Crippen LogP contribution in [0.2, 0.25) is 0 Å². The minimum Gasteiger partial charge on any atom is -0.488 e. The summed E-state index contributed by atoms with van der Waals surface area (Å²) in [6, 6.07) is 26.9. The third kappa shape index (κ3) is 16.1. The Bertz CT molecular complexity index is 1610. The van der Waals surface area contributed by atoms with E-state index in [9.17, 15) is 9.59 Å². The minimum absolute atomic E-state index is 0.162. The molecular weight excluding hydrogens is 793 g/mol. The molecule has 12 heteroatoms. The van der Waals surface area contributed by atoms with Crippen molar-refractivity contribution in [3.8, 4) is 11.5 Å². The van der Waals surface area contributed by atoms with Gasteiger partial charge in [-0.05, 0) is 73.6 Å². The van der Waals surface area contributed by atoms with Gasteiger partial charge in [-0.25, -0.2) is 9.59 Å². The summed E-state index contributed by atoms with van der Waals surface area (Å²) in [6.45, 7) is 3.97. The molecule has 3 aromatic carbocycles. The summed E-state index contributed by atoms with van der Waals surface area (Å²) in [5.74, 6) is 9.25. The van der Waals surface area contributed by atoms with E-state index in [1.165, 1.54) is 40.9 Å². The summed E-state index contributed by atoms with van der Waals surface area (Å²) < 4.78 is 24.8. The fourth-order valence-electron chi connectivity index (χ4n) is 5.46. The van der Waals surface area contributed by atoms with Crippen LogP contribution >= 0.6 is 70.6 Å². The number of ether oxygens (including phenoxy) is 4. The Hall–Kier alpha value is -2.22. The van der Waals surface area contributed by atoms with Crippen molar-refractivity contribution in [3.63, 3.8) is 0 Å². The van der Waals surface area contributed by atoms with E-state index in [0.29, 0.717) is 22.0 Å². The van der Waals surface area contributed by atoms with Crippen molar-refractivity contribution in [1.29, 1.82) is 0 Å². The zero-order chi connectivity index (χ0) is 37.9. The van der Waals surface area contributed by atoms with Gasteiger partial charge in [0.1, 0.15) is 24.2 Å². The van der Waals surface area contributed by atoms with E-state index < -0.39 is 28.4 Å². The van der Waals surface area contributed by atoms with E-state index in [0.717, 1.165) is 41.2 Å². The molecule has 290 valence electrons. The van der Waals surface area contributed by atoms with Crippen LogP contribution in [0.1, 0.15) is 37.8 Å². The molecule has 2 saturated heterocycles. The van der Waals surface area contributed by atoms with Gasteiger partial charge in [-0.15, -0.1) is 23.5 Å². The summed E-state index contributed by atoms with van der Waals surface area (Å²) >= 11 is 11.4. The second kappa shape index (κ2) is 23.8. The highest BCUT2D eigenvalue weighted by Gasteiger charge is 2.31. The summed E-state index contributed by atoms with van der Waals surface area (Å²) in [7, 11) is 0. The van der Waals surface area contributed by atoms with Crippen LogP contribution in [0.4, 0.5) is 0 Å². The summed E-state index contributed by atoms with van der Waals surface area (Å²) in [5, 5.41) is 1.23. The van der Waals surface area contributed by atoms with Crippen molar-refractivity contribution in [1.82, 2.24) is 0 Å². The van der Waals surface area contributed by atoms with Gasteiger partial charge in [-0.3, -0.25) is 0 Å². The summed E-state index contributed by atoms with van der Waals surface area (Å²) in [4.78, 5) is 25.0. The Morgan fingerprint density at radius 1 is 0.778 bits per heavy atom. The van der Waals surface area contributed by atoms with Crippen molar-refractivity contribution in [2.45, 2.75) is 53.7 Å². The molecule has 0 bridgehead atoms. The van der Waals surface area contributed by atoms with Crippen LogP contribution in [0.5, 0.6) is 11.5 Å². The number of benzene rings is 3. The Morgan fingerprint density at radius 2 is 1.37 bits per heavy atom. The van der Waals surface area contributed by atoms with Crippen LogP contribution in [0.15, 0.2) is 97.1 Å². The SMILES string of the molecule is CC(OC(=O)C=Cc1ccccc1)C(Oc1cccc(OCC(C)(OC(=O)C=Cc2ccccc2)SCCC2CSCCS2)c1)SCCC1CSCCS1. The lowest BCUT2D eigenvalue weighted by Crippen LogP contribution is -2.35. The number of esters is 2. The average Bonchev–Trinajstić information content (AvgIpc) is 3.20. The van der Waals surface area contributed by atoms with E-state index in [2.05, 4.69) is 0 Å². The highest BCUT2D eigenvalue weighted by atomic mass is 32.2. The zero-order valence-corrected chi connectivity index (χ0v) is 35.8. The lowest BCUT2D eigenvalue weighted by Gasteiger charge is -2.30. The number of hydrogen-bond acceptors (Lipinski definition) is 12. The first kappa shape index (κ1) is 42.9. The Balaban J connectivity index is 1.22. The first-order valence-electron chi connectivity index (χ1n) is 18.3. The molecule has 0 radical (unpaired) electrons. The Morgan fingerprint density at radius 3 is 1.98 bits per heavy atom. The van der Waals surface area contributed by atoms with Crippen LogP contribution in [-0.2, 0) is 19.1 Å². The van der Waals surface area contributed by atoms with Crippen LogP contribution in [-0.4, -0.2) is 91.5 Å². The molecule has 0 saturated carbocycles. The van der Waals surface area contributed by atoms with Gasteiger partial charge in [0, 0.05) is 63.2 Å². The highest BCUT2D eigenvalue weighted by molar-refractivity contribution is 8.07. The van der Waals surface area contributed by atoms with E-state index in [1.54, 1.807) is 35.7 Å². The van der Waals surface area contributed by atoms with Crippen molar-refractivity contribution in [2.24, 2.45) is 0 Å². The van der Waals surface area contributed by atoms with Gasteiger partial charge in [-0.1, -0.05) is 66.7 Å². The molecule has 6 nitrogen and oxygen atoms in total. The van der Waals surface area contributed by atoms with Gasteiger partial charge >= 0.3 is 11.9 Å². The minimum atomic E-state index is -0.911. The van der Waals surface area contributed by atoms with Crippen LogP contribution < -0.4 is 9.47 Å². The van der Waals surface area contributed by atoms with Gasteiger partial charge in [0.15, 0.2) is 10.4 Å². The predicted molar refractivity (Wildman–Crippen MR) is 239 cm³/mol. The number of carbonyl (C=O) groups excluding carboxylic acids is 2. The van der Waals surface area contributed by atoms with Gasteiger partial charge in [0.05, 0.1) is 0 Å². The Labute approximate surface area is 346 Å². The van der Waals surface area contributed by atoms with Gasteiger partial charge < -0.3 is 18.9 Å². The molecule has 0 aromatic heterocycles. The summed E-state index contributed by atoms with van der Waals surface area (Å²) in [6.07, 6.45) is 8.06. The molecule has 54 heavy (non-hydrogen) atoms. The fraction of sp³-hybridized carbons (Fsp3) is 0.429. The third-order valence-corrected chi connectivity index (χ3v) is 16.7. The topological polar surface area (TPSA) is 71.1 Å². The largest absolute Gasteiger partial charge is 0.488 e. The molecule has 0 N–H and O–H groups in total. The predicted octanol–water partition coefficient (Wildman–Crippen LogP) is 10.3. The van der Waals surface area contributed by atoms with Crippen molar-refractivity contribution >= 4 is 94.7 Å². The van der Waals surface area contributed by atoms with Gasteiger partial charge in [-0.2, -0.15) is 47.0 Å². The zero-order valence-electron chi connectivity index (χ0n) is 30.9. The molecule has 2 aliphatic heterocycles. The lowest BCUT2D eigenvalue weighted by molar-refractivity contribution is -0.146. The molecule has 3 aromatic rings. The van der Waals surface area contributed by atoms with Crippen molar-refractivity contribution < 1.29 is 28.5 Å². The van der Waals surface area contributed by atoms with Crippen LogP contribution in [0.25, 0.3) is 12.2 Å². The standard InChI is InChI=1S/C42H50O6S6/c1-32(46-39(43)18-16-33-10-5-3-6-11-33)41(53-22-20-37-29-49-24-26-51-37)47-36-15-9-14-35(28-36)45-31-42(2,54-23-21-38-30-50-25-27-52-38)48-40(44)19-17-34-12-7-4-8-13-34/h3-19,28,32,37-38,41H,20-27,29-31H2,1-2H3. The van der Waals surface area contributed by atoms with E-state index in [1.807, 2.05) is 146 Å². The van der Waals surface area contributed by atoms with Gasteiger partial charge in [0.2, 0.25) is 0 Å². The second-order valence-electron chi connectivity index (χ2n) is 12.9. The number of hydrogen-bond donors (Lipinski definition) is 0. The smallest absolute Gasteiger partial charge is 0.332 e. The monoisotopic (exact) mass is 842 g/mol. The van der Waals surface area contributed by atoms with Crippen LogP contribution in [0, 0.1) is 0 Å². The molecule has 2 heterocycles. The second-order valence-corrected chi connectivity index (χ2v) is 20.7. The first-order chi connectivity index (χ1) is 26.3. The van der Waals surface area contributed by atoms with Gasteiger partial charge in [0.25, 0.3) is 0 Å². The van der Waals surface area contributed by atoms with Crippen molar-refractivity contribution in [2.75, 3.05) is 52.6 Å². The third-order valence-electron chi connectivity index (χ3n) is 8.32. The van der Waals surface area contributed by atoms with E-state index >= 15 is 0 Å². The molecule has 5 rings (SSSR count). The molecule has 5 unspecified atom stereocenters. The summed E-state index contributed by atoms with van der Waals surface area (Å²) in [5.41, 5.74) is 1.43. The van der Waals surface area contributed by atoms with Crippen LogP contribution in [0.3, 0.4) is 0 Å². The van der Waals surface area contributed by atoms with E-state index in [4.69, 9.17) is 18.9 Å². The Kier molecular flexibility index (Phi) is 18.9. The number of rotatable bonds is 20. The van der Waals surface area contributed by atoms with E-state index in [-0.39, 0.29) is 6.61 Å². The highest BCUT2D eigenvalue weighted by Crippen LogP contribution is 2.34. The average molecular weight is 843 g/mol. The number of carbonyl (C=O) groups is 2. The molecule has 5 atom stereocenters. The maximum absolute atomic E-state index is 13.1. The maximum atomic E-state index is 13.1. The molecule has 0 amide bonds. The lowest BCUT2D eigenvalue weighted by atomic mass is 10.2. The molecule has 0 spiro atoms.